The van der Waals surface area contributed by atoms with Crippen molar-refractivity contribution in [2.24, 2.45) is 0 Å². The quantitative estimate of drug-likeness (QED) is 0.215. The highest BCUT2D eigenvalue weighted by atomic mass is 19.1. The number of hydrogen-bond acceptors (Lipinski definition) is 5. The van der Waals surface area contributed by atoms with Gasteiger partial charge in [-0.1, -0.05) is 57.2 Å². The zero-order valence-electron chi connectivity index (χ0n) is 20.9. The molecule has 1 amide bonds. The van der Waals surface area contributed by atoms with Crippen LogP contribution < -0.4 is 9.64 Å². The van der Waals surface area contributed by atoms with E-state index in [1.54, 1.807) is 24.3 Å². The molecule has 0 radical (unpaired) electrons. The van der Waals surface area contributed by atoms with E-state index >= 15 is 0 Å². The Kier molecular flexibility index (Phi) is 5.82. The molecule has 1 aliphatic heterocycles. The lowest BCUT2D eigenvalue weighted by Crippen LogP contribution is -2.30. The number of nitrogens with zero attached hydrogens (tertiary/aromatic N) is 2. The van der Waals surface area contributed by atoms with E-state index in [4.69, 9.17) is 4.74 Å². The van der Waals surface area contributed by atoms with Crippen LogP contribution in [0.5, 0.6) is 5.75 Å². The van der Waals surface area contributed by atoms with Gasteiger partial charge >= 0.3 is 5.91 Å². The first-order chi connectivity index (χ1) is 17.6. The van der Waals surface area contributed by atoms with Crippen LogP contribution in [0.4, 0.5) is 10.3 Å². The van der Waals surface area contributed by atoms with Gasteiger partial charge < -0.3 is 14.8 Å². The van der Waals surface area contributed by atoms with Gasteiger partial charge in [0.05, 0.1) is 29.8 Å². The van der Waals surface area contributed by atoms with Crippen molar-refractivity contribution in [1.29, 1.82) is 0 Å². The van der Waals surface area contributed by atoms with Crippen LogP contribution in [-0.2, 0) is 15.0 Å². The van der Waals surface area contributed by atoms with Crippen molar-refractivity contribution in [1.82, 2.24) is 9.97 Å². The number of hydrogen-bond donors (Lipinski definition) is 2. The minimum Gasteiger partial charge on any atom is -0.507 e. The van der Waals surface area contributed by atoms with E-state index in [-0.39, 0.29) is 22.7 Å². The number of aromatic nitrogens is 2. The third-order valence-corrected chi connectivity index (χ3v) is 6.54. The van der Waals surface area contributed by atoms with Gasteiger partial charge in [-0.15, -0.1) is 0 Å². The molecule has 0 bridgehead atoms. The first kappa shape index (κ1) is 24.2. The maximum atomic E-state index is 13.8. The summed E-state index contributed by atoms with van der Waals surface area (Å²) >= 11 is 0. The number of carbonyl (C=O) groups excluding carboxylic acids is 2. The largest absolute Gasteiger partial charge is 0.507 e. The second kappa shape index (κ2) is 8.89. The number of rotatable bonds is 4. The minimum absolute atomic E-state index is 0.0756. The van der Waals surface area contributed by atoms with Crippen LogP contribution in [0.2, 0.25) is 0 Å². The maximum Gasteiger partial charge on any atom is 0.302 e. The highest BCUT2D eigenvalue weighted by Gasteiger charge is 2.48. The van der Waals surface area contributed by atoms with Crippen LogP contribution in [0, 0.1) is 5.82 Å². The monoisotopic (exact) mass is 499 g/mol. The van der Waals surface area contributed by atoms with Crippen LogP contribution in [0.1, 0.15) is 43.5 Å². The Morgan fingerprint density at radius 3 is 2.46 bits per heavy atom. The number of benzene rings is 3. The molecule has 0 aliphatic carbocycles. The van der Waals surface area contributed by atoms with Crippen molar-refractivity contribution in [3.63, 3.8) is 0 Å². The van der Waals surface area contributed by atoms with Gasteiger partial charge in [0.1, 0.15) is 17.3 Å². The second-order valence-electron chi connectivity index (χ2n) is 9.99. The number of aliphatic hydroxyl groups excluding tert-OH is 1. The lowest BCUT2D eigenvalue weighted by atomic mass is 9.85. The smallest absolute Gasteiger partial charge is 0.302 e. The predicted octanol–water partition coefficient (Wildman–Crippen LogP) is 5.63. The normalized spacial score (nSPS) is 17.5. The minimum atomic E-state index is -0.967. The number of H-pyrrole nitrogens is 1. The predicted molar refractivity (Wildman–Crippen MR) is 139 cm³/mol. The number of Topliss-reactive ketones (excluding diaryl/α,β-unsaturated/α-hetero) is 1. The average molecular weight is 500 g/mol. The lowest BCUT2D eigenvalue weighted by molar-refractivity contribution is -0.132. The van der Waals surface area contributed by atoms with Crippen molar-refractivity contribution >= 4 is 34.4 Å². The second-order valence-corrected chi connectivity index (χ2v) is 9.99. The molecule has 1 aromatic heterocycles. The Hall–Kier alpha value is -4.46. The summed E-state index contributed by atoms with van der Waals surface area (Å²) in [5, 5.41) is 11.3. The summed E-state index contributed by atoms with van der Waals surface area (Å²) in [5.74, 6) is -1.92. The molecule has 1 unspecified atom stereocenters. The molecule has 8 heteroatoms. The zero-order valence-corrected chi connectivity index (χ0v) is 20.9. The number of ketones is 1. The molecule has 1 aliphatic rings. The third kappa shape index (κ3) is 4.24. The maximum absolute atomic E-state index is 13.8. The van der Waals surface area contributed by atoms with E-state index in [1.165, 1.54) is 30.2 Å². The average Bonchev–Trinajstić information content (AvgIpc) is 3.40. The van der Waals surface area contributed by atoms with Crippen LogP contribution in [0.15, 0.2) is 72.3 Å². The number of aliphatic hydroxyl groups is 1. The SMILES string of the molecule is COc1cccc(/C(O)=C2\C(=O)C(=O)N(c3nc4ccc(F)cc4[nH]3)C2c2ccc(C(C)(C)C)cc2)c1. The molecule has 5 rings (SSSR count). The molecule has 188 valence electrons. The van der Waals surface area contributed by atoms with Gasteiger partial charge in [0.2, 0.25) is 5.95 Å². The fraction of sp³-hybridized carbons (Fsp3) is 0.207. The highest BCUT2D eigenvalue weighted by Crippen LogP contribution is 2.42. The van der Waals surface area contributed by atoms with Crippen molar-refractivity contribution in [3.8, 4) is 5.75 Å². The zero-order chi connectivity index (χ0) is 26.5. The number of methoxy groups -OCH3 is 1. The Morgan fingerprint density at radius 1 is 1.05 bits per heavy atom. The molecular formula is C29H26FN3O4. The number of amides is 1. The number of halogens is 1. The summed E-state index contributed by atoms with van der Waals surface area (Å²) in [6.07, 6.45) is 0. The van der Waals surface area contributed by atoms with Gasteiger partial charge in [-0.25, -0.2) is 9.37 Å². The topological polar surface area (TPSA) is 95.5 Å². The number of ether oxygens (including phenoxy) is 1. The first-order valence-corrected chi connectivity index (χ1v) is 11.8. The van der Waals surface area contributed by atoms with Crippen LogP contribution in [0.25, 0.3) is 16.8 Å². The van der Waals surface area contributed by atoms with E-state index in [2.05, 4.69) is 30.7 Å². The fourth-order valence-corrected chi connectivity index (χ4v) is 4.54. The Labute approximate surface area is 213 Å². The molecule has 1 saturated heterocycles. The Balaban J connectivity index is 1.72. The van der Waals surface area contributed by atoms with Crippen molar-refractivity contribution < 1.29 is 23.8 Å². The van der Waals surface area contributed by atoms with Gasteiger partial charge in [-0.3, -0.25) is 14.5 Å². The summed E-state index contributed by atoms with van der Waals surface area (Å²) in [5.41, 5.74) is 2.65. The third-order valence-electron chi connectivity index (χ3n) is 6.54. The number of anilines is 1. The number of imidazole rings is 1. The summed E-state index contributed by atoms with van der Waals surface area (Å²) in [4.78, 5) is 35.4. The molecule has 2 N–H and O–H groups in total. The van der Waals surface area contributed by atoms with E-state index < -0.39 is 23.5 Å². The van der Waals surface area contributed by atoms with E-state index in [0.717, 1.165) is 5.56 Å². The molecule has 37 heavy (non-hydrogen) atoms. The molecular weight excluding hydrogens is 473 g/mol. The lowest BCUT2D eigenvalue weighted by Gasteiger charge is -2.25. The molecule has 7 nitrogen and oxygen atoms in total. The number of nitrogens with one attached hydrogen (secondary N) is 1. The number of fused-ring (bicyclic) bond motifs is 1. The standard InChI is InChI=1S/C29H26FN3O4/c1-29(2,3)18-10-8-16(9-11-18)24-23(25(34)17-6-5-7-20(14-17)37-4)26(35)27(36)33(24)28-31-21-13-12-19(30)15-22(21)32-28/h5-15,24,34H,1-4H3,(H,31,32)/b25-23+. The molecule has 0 spiro atoms. The van der Waals surface area contributed by atoms with Crippen molar-refractivity contribution in [3.05, 3.63) is 94.8 Å². The summed E-state index contributed by atoms with van der Waals surface area (Å²) in [6.45, 7) is 6.26. The number of aromatic amines is 1. The van der Waals surface area contributed by atoms with E-state index in [0.29, 0.717) is 27.9 Å². The number of carbonyl (C=O) groups is 2. The van der Waals surface area contributed by atoms with Crippen LogP contribution in [-0.4, -0.2) is 33.9 Å². The molecule has 1 atom stereocenters. The molecule has 0 saturated carbocycles. The summed E-state index contributed by atoms with van der Waals surface area (Å²) < 4.78 is 19.1. The van der Waals surface area contributed by atoms with Gasteiger partial charge in [0, 0.05) is 5.56 Å². The first-order valence-electron chi connectivity index (χ1n) is 11.8. The van der Waals surface area contributed by atoms with Crippen molar-refractivity contribution in [2.45, 2.75) is 32.2 Å². The Bertz CT molecular complexity index is 1560. The van der Waals surface area contributed by atoms with Crippen LogP contribution >= 0.6 is 0 Å². The van der Waals surface area contributed by atoms with Gasteiger partial charge in [-0.05, 0) is 46.9 Å². The molecule has 1 fully saturated rings. The van der Waals surface area contributed by atoms with E-state index in [9.17, 15) is 19.1 Å². The summed E-state index contributed by atoms with van der Waals surface area (Å²) in [6, 6.07) is 17.2. The summed E-state index contributed by atoms with van der Waals surface area (Å²) in [7, 11) is 1.50. The Morgan fingerprint density at radius 2 is 1.78 bits per heavy atom. The van der Waals surface area contributed by atoms with Gasteiger partial charge in [-0.2, -0.15) is 0 Å². The van der Waals surface area contributed by atoms with Gasteiger partial charge in [0.15, 0.2) is 0 Å². The van der Waals surface area contributed by atoms with Crippen molar-refractivity contribution in [2.75, 3.05) is 12.0 Å². The van der Waals surface area contributed by atoms with Gasteiger partial charge in [0.25, 0.3) is 5.78 Å². The molecule has 4 aromatic rings. The van der Waals surface area contributed by atoms with E-state index in [1.807, 2.05) is 24.3 Å². The fourth-order valence-electron chi connectivity index (χ4n) is 4.54. The highest BCUT2D eigenvalue weighted by molar-refractivity contribution is 6.51. The van der Waals surface area contributed by atoms with Crippen LogP contribution in [0.3, 0.4) is 0 Å². The molecule has 3 aromatic carbocycles. The molecule has 2 heterocycles.